The lowest BCUT2D eigenvalue weighted by Crippen LogP contribution is -2.56. The van der Waals surface area contributed by atoms with E-state index in [0.29, 0.717) is 5.41 Å². The minimum absolute atomic E-state index is 0.559. The monoisotopic (exact) mass is 156 g/mol. The van der Waals surface area contributed by atoms with Crippen LogP contribution in [0.3, 0.4) is 0 Å². The van der Waals surface area contributed by atoms with Crippen LogP contribution in [0.5, 0.6) is 0 Å². The molecule has 2 heteroatoms. The quantitative estimate of drug-likeness (QED) is 0.609. The maximum atomic E-state index is 3.47. The predicted molar refractivity (Wildman–Crippen MR) is 48.8 cm³/mol. The van der Waals surface area contributed by atoms with Gasteiger partial charge in [0.05, 0.1) is 0 Å². The molecule has 0 spiro atoms. The van der Waals surface area contributed by atoms with Crippen molar-refractivity contribution in [3.63, 3.8) is 0 Å². The highest BCUT2D eigenvalue weighted by atomic mass is 15.2. The van der Waals surface area contributed by atoms with Crippen molar-refractivity contribution in [2.24, 2.45) is 5.41 Å². The minimum Gasteiger partial charge on any atom is -0.316 e. The van der Waals surface area contributed by atoms with Crippen molar-refractivity contribution in [3.8, 4) is 0 Å². The van der Waals surface area contributed by atoms with Gasteiger partial charge in [0, 0.05) is 25.0 Å². The van der Waals surface area contributed by atoms with Crippen molar-refractivity contribution in [2.75, 3.05) is 33.2 Å². The molecule has 0 unspecified atom stereocenters. The van der Waals surface area contributed by atoms with E-state index in [0.717, 1.165) is 0 Å². The van der Waals surface area contributed by atoms with E-state index >= 15 is 0 Å². The van der Waals surface area contributed by atoms with Gasteiger partial charge in [-0.25, -0.2) is 0 Å². The summed E-state index contributed by atoms with van der Waals surface area (Å²) in [4.78, 5) is 2.37. The number of nitrogens with one attached hydrogen (secondary N) is 1. The van der Waals surface area contributed by atoms with Crippen LogP contribution in [-0.2, 0) is 0 Å². The molecule has 0 radical (unpaired) electrons. The third kappa shape index (κ3) is 2.46. The van der Waals surface area contributed by atoms with Crippen LogP contribution >= 0.6 is 0 Å². The van der Waals surface area contributed by atoms with E-state index in [1.54, 1.807) is 0 Å². The Labute approximate surface area is 70.0 Å². The number of rotatable bonds is 4. The molecule has 11 heavy (non-hydrogen) atoms. The second-order valence-corrected chi connectivity index (χ2v) is 4.16. The summed E-state index contributed by atoms with van der Waals surface area (Å²) in [5, 5.41) is 3.47. The molecule has 1 saturated heterocycles. The largest absolute Gasteiger partial charge is 0.316 e. The lowest BCUT2D eigenvalue weighted by molar-refractivity contribution is 0.0399. The molecule has 66 valence electrons. The van der Waals surface area contributed by atoms with E-state index in [1.165, 1.54) is 32.6 Å². The molecule has 0 aliphatic carbocycles. The molecular weight excluding hydrogens is 136 g/mol. The molecule has 1 N–H and O–H groups in total. The maximum Gasteiger partial charge on any atom is 0.00570 e. The molecule has 0 atom stereocenters. The van der Waals surface area contributed by atoms with Crippen molar-refractivity contribution in [1.82, 2.24) is 10.2 Å². The van der Waals surface area contributed by atoms with Crippen LogP contribution in [0.4, 0.5) is 0 Å². The van der Waals surface area contributed by atoms with Gasteiger partial charge in [-0.15, -0.1) is 0 Å². The van der Waals surface area contributed by atoms with Crippen LogP contribution in [0.25, 0.3) is 0 Å². The average molecular weight is 156 g/mol. The highest BCUT2D eigenvalue weighted by Crippen LogP contribution is 2.26. The lowest BCUT2D eigenvalue weighted by Gasteiger charge is -2.46. The number of hydrogen-bond acceptors (Lipinski definition) is 2. The van der Waals surface area contributed by atoms with E-state index in [9.17, 15) is 0 Å². The van der Waals surface area contributed by atoms with Crippen molar-refractivity contribution in [2.45, 2.75) is 20.3 Å². The van der Waals surface area contributed by atoms with Crippen LogP contribution in [0, 0.1) is 5.41 Å². The summed E-state index contributed by atoms with van der Waals surface area (Å²) in [7, 11) is 2.18. The fourth-order valence-electron chi connectivity index (χ4n) is 1.94. The Kier molecular flexibility index (Phi) is 2.90. The highest BCUT2D eigenvalue weighted by molar-refractivity contribution is 4.90. The topological polar surface area (TPSA) is 15.3 Å². The molecule has 0 saturated carbocycles. The lowest BCUT2D eigenvalue weighted by atomic mass is 9.82. The fourth-order valence-corrected chi connectivity index (χ4v) is 1.94. The Morgan fingerprint density at radius 1 is 1.45 bits per heavy atom. The summed E-state index contributed by atoms with van der Waals surface area (Å²) in [6, 6.07) is 0. The van der Waals surface area contributed by atoms with Gasteiger partial charge in [-0.05, 0) is 20.0 Å². The van der Waals surface area contributed by atoms with Gasteiger partial charge in [-0.3, -0.25) is 0 Å². The molecule has 1 heterocycles. The summed E-state index contributed by atoms with van der Waals surface area (Å²) in [5.41, 5.74) is 0.559. The number of nitrogens with zero attached hydrogens (tertiary/aromatic N) is 1. The van der Waals surface area contributed by atoms with Crippen molar-refractivity contribution >= 4 is 0 Å². The van der Waals surface area contributed by atoms with Crippen LogP contribution < -0.4 is 5.32 Å². The first-order valence-electron chi connectivity index (χ1n) is 4.55. The molecule has 1 rings (SSSR count). The normalized spacial score (nSPS) is 23.2. The maximum absolute atomic E-state index is 3.47. The summed E-state index contributed by atoms with van der Waals surface area (Å²) in [6.45, 7) is 9.43. The van der Waals surface area contributed by atoms with Crippen LogP contribution in [0.2, 0.25) is 0 Å². The van der Waals surface area contributed by atoms with Crippen LogP contribution in [0.15, 0.2) is 0 Å². The van der Waals surface area contributed by atoms with Gasteiger partial charge < -0.3 is 10.2 Å². The van der Waals surface area contributed by atoms with Gasteiger partial charge in [-0.2, -0.15) is 0 Å². The first kappa shape index (κ1) is 9.01. The third-order valence-electron chi connectivity index (χ3n) is 2.28. The molecule has 0 aromatic carbocycles. The zero-order chi connectivity index (χ0) is 8.32. The molecule has 1 fully saturated rings. The molecule has 0 bridgehead atoms. The molecular formula is C9H20N2. The van der Waals surface area contributed by atoms with Gasteiger partial charge in [0.2, 0.25) is 0 Å². The van der Waals surface area contributed by atoms with Gasteiger partial charge in [0.1, 0.15) is 0 Å². The first-order chi connectivity index (χ1) is 5.16. The predicted octanol–water partition coefficient (Wildman–Crippen LogP) is 0.938. The third-order valence-corrected chi connectivity index (χ3v) is 2.28. The van der Waals surface area contributed by atoms with Crippen molar-refractivity contribution in [3.05, 3.63) is 0 Å². The zero-order valence-electron chi connectivity index (χ0n) is 7.98. The van der Waals surface area contributed by atoms with E-state index in [2.05, 4.69) is 31.1 Å². The number of likely N-dealkylation sites (tertiary alicyclic amines) is 1. The van der Waals surface area contributed by atoms with E-state index in [1.807, 2.05) is 0 Å². The van der Waals surface area contributed by atoms with Gasteiger partial charge >= 0.3 is 0 Å². The first-order valence-corrected chi connectivity index (χ1v) is 4.55. The Hall–Kier alpha value is -0.0800. The minimum atomic E-state index is 0.559. The van der Waals surface area contributed by atoms with Crippen LogP contribution in [-0.4, -0.2) is 38.1 Å². The summed E-state index contributed by atoms with van der Waals surface area (Å²) in [5.74, 6) is 0. The highest BCUT2D eigenvalue weighted by Gasteiger charge is 2.35. The molecule has 1 aliphatic rings. The second kappa shape index (κ2) is 3.55. The molecule has 1 aliphatic heterocycles. The Morgan fingerprint density at radius 2 is 2.09 bits per heavy atom. The smallest absolute Gasteiger partial charge is 0.00570 e. The van der Waals surface area contributed by atoms with E-state index in [4.69, 9.17) is 0 Å². The summed E-state index contributed by atoms with van der Waals surface area (Å²) < 4.78 is 0. The Morgan fingerprint density at radius 3 is 2.55 bits per heavy atom. The zero-order valence-corrected chi connectivity index (χ0v) is 7.98. The molecule has 0 aromatic rings. The van der Waals surface area contributed by atoms with Crippen molar-refractivity contribution < 1.29 is 0 Å². The second-order valence-electron chi connectivity index (χ2n) is 4.16. The Bertz CT molecular complexity index is 117. The number of hydrogen-bond donors (Lipinski definition) is 1. The summed E-state index contributed by atoms with van der Waals surface area (Å²) >= 11 is 0. The standard InChI is InChI=1S/C9H20N2/c1-4-5-10-6-9(2)7-11(3)8-9/h10H,4-8H2,1-3H3. The Balaban J connectivity index is 2.07. The van der Waals surface area contributed by atoms with E-state index < -0.39 is 0 Å². The SMILES string of the molecule is CCCNCC1(C)CN(C)C1. The van der Waals surface area contributed by atoms with Gasteiger partial charge in [0.15, 0.2) is 0 Å². The van der Waals surface area contributed by atoms with E-state index in [-0.39, 0.29) is 0 Å². The summed E-state index contributed by atoms with van der Waals surface area (Å²) in [6.07, 6.45) is 1.24. The average Bonchev–Trinajstić information content (AvgIpc) is 1.85. The van der Waals surface area contributed by atoms with Crippen molar-refractivity contribution in [1.29, 1.82) is 0 Å². The molecule has 0 amide bonds. The fraction of sp³-hybridized carbons (Fsp3) is 1.00. The van der Waals surface area contributed by atoms with Crippen LogP contribution in [0.1, 0.15) is 20.3 Å². The molecule has 2 nitrogen and oxygen atoms in total. The van der Waals surface area contributed by atoms with Gasteiger partial charge in [0.25, 0.3) is 0 Å². The molecule has 0 aromatic heterocycles. The van der Waals surface area contributed by atoms with Gasteiger partial charge in [-0.1, -0.05) is 13.8 Å².